The van der Waals surface area contributed by atoms with Crippen molar-refractivity contribution in [1.29, 1.82) is 0 Å². The molecule has 0 radical (unpaired) electrons. The van der Waals surface area contributed by atoms with E-state index in [9.17, 15) is 4.79 Å². The second-order valence-corrected chi connectivity index (χ2v) is 2.08. The average molecular weight is 99.1 g/mol. The van der Waals surface area contributed by atoms with Gasteiger partial charge in [-0.2, -0.15) is 0 Å². The van der Waals surface area contributed by atoms with Crippen LogP contribution in [-0.4, -0.2) is 11.5 Å². The second kappa shape index (κ2) is 1.92. The molecule has 0 unspecified atom stereocenters. The largest absolute Gasteiger partial charge is 0.322 e. The molecule has 2 nitrogen and oxygen atoms in total. The van der Waals surface area contributed by atoms with Crippen LogP contribution in [-0.2, 0) is 4.79 Å². The average Bonchev–Trinajstić information content (AvgIpc) is 1.30. The Bertz CT molecular complexity index is 95.1. The smallest absolute Gasteiger partial charge is 0.121 e. The predicted octanol–water partition coefficient (Wildman–Crippen LogP) is 0.112. The number of carbonyl (C=O) groups excluding carboxylic acids is 1. The summed E-state index contributed by atoms with van der Waals surface area (Å²) in [6, 6.07) is 0. The van der Waals surface area contributed by atoms with Crippen LogP contribution in [0.2, 0.25) is 0 Å². The van der Waals surface area contributed by atoms with Crippen molar-refractivity contribution in [2.75, 3.05) is 0 Å². The van der Waals surface area contributed by atoms with Gasteiger partial charge in [-0.3, -0.25) is 0 Å². The molecule has 0 bridgehead atoms. The molecule has 0 saturated heterocycles. The summed E-state index contributed by atoms with van der Waals surface area (Å²) in [6.45, 7) is 3.47. The van der Waals surface area contributed by atoms with Crippen molar-refractivity contribution in [3.8, 4) is 0 Å². The topological polar surface area (TPSA) is 43.1 Å². The van der Waals surface area contributed by atoms with Crippen molar-refractivity contribution >= 4 is 5.94 Å². The molecular formula is C5H9NO. The van der Waals surface area contributed by atoms with Gasteiger partial charge in [-0.15, -0.1) is 0 Å². The van der Waals surface area contributed by atoms with Crippen LogP contribution in [0, 0.1) is 0 Å². The van der Waals surface area contributed by atoms with Gasteiger partial charge in [-0.1, -0.05) is 0 Å². The molecule has 0 rings (SSSR count). The number of nitrogens with two attached hydrogens (primary N) is 1. The minimum Gasteiger partial charge on any atom is -0.322 e. The third-order valence-corrected chi connectivity index (χ3v) is 0.431. The first kappa shape index (κ1) is 6.41. The van der Waals surface area contributed by atoms with E-state index < -0.39 is 5.54 Å². The van der Waals surface area contributed by atoms with Crippen LogP contribution in [0.25, 0.3) is 0 Å². The quantitative estimate of drug-likeness (QED) is 0.474. The molecule has 0 aromatic carbocycles. The Kier molecular flexibility index (Phi) is 1.75. The molecule has 0 aliphatic heterocycles. The highest BCUT2D eigenvalue weighted by atomic mass is 16.1. The lowest BCUT2D eigenvalue weighted by Crippen LogP contribution is -2.28. The van der Waals surface area contributed by atoms with E-state index >= 15 is 0 Å². The van der Waals surface area contributed by atoms with Crippen LogP contribution in [0.1, 0.15) is 13.8 Å². The van der Waals surface area contributed by atoms with Crippen LogP contribution in [0.4, 0.5) is 0 Å². The lowest BCUT2D eigenvalue weighted by atomic mass is 10.1. The highest BCUT2D eigenvalue weighted by molar-refractivity contribution is 5.47. The summed E-state index contributed by atoms with van der Waals surface area (Å²) in [5.41, 5.74) is 4.83. The molecule has 0 aliphatic carbocycles. The zero-order valence-electron chi connectivity index (χ0n) is 4.56. The van der Waals surface area contributed by atoms with Crippen LogP contribution >= 0.6 is 0 Å². The van der Waals surface area contributed by atoms with Gasteiger partial charge in [0.1, 0.15) is 5.94 Å². The Hall–Kier alpha value is -0.590. The van der Waals surface area contributed by atoms with E-state index in [0.717, 1.165) is 0 Å². The maximum atomic E-state index is 9.56. The Morgan fingerprint density at radius 2 is 2.14 bits per heavy atom. The van der Waals surface area contributed by atoms with Crippen LogP contribution in [0.15, 0.2) is 6.08 Å². The van der Waals surface area contributed by atoms with Gasteiger partial charge in [0.25, 0.3) is 0 Å². The molecule has 0 amide bonds. The minimum atomic E-state index is -0.498. The van der Waals surface area contributed by atoms with E-state index in [2.05, 4.69) is 0 Å². The van der Waals surface area contributed by atoms with Crippen molar-refractivity contribution in [2.45, 2.75) is 19.4 Å². The van der Waals surface area contributed by atoms with Crippen LogP contribution in [0.5, 0.6) is 0 Å². The van der Waals surface area contributed by atoms with E-state index in [1.807, 2.05) is 0 Å². The lowest BCUT2D eigenvalue weighted by Gasteiger charge is -2.07. The molecule has 0 atom stereocenters. The monoisotopic (exact) mass is 99.1 g/mol. The van der Waals surface area contributed by atoms with Crippen LogP contribution < -0.4 is 5.73 Å². The second-order valence-electron chi connectivity index (χ2n) is 2.08. The van der Waals surface area contributed by atoms with Gasteiger partial charge < -0.3 is 5.73 Å². The first-order chi connectivity index (χ1) is 3.06. The Labute approximate surface area is 43.0 Å². The summed E-state index contributed by atoms with van der Waals surface area (Å²) in [5, 5.41) is 0. The van der Waals surface area contributed by atoms with Gasteiger partial charge in [0.05, 0.1) is 0 Å². The summed E-state index contributed by atoms with van der Waals surface area (Å²) in [7, 11) is 0. The van der Waals surface area contributed by atoms with Gasteiger partial charge in [-0.25, -0.2) is 4.79 Å². The highest BCUT2D eigenvalue weighted by Crippen LogP contribution is 1.92. The molecule has 2 heteroatoms. The maximum absolute atomic E-state index is 9.56. The van der Waals surface area contributed by atoms with E-state index in [1.165, 1.54) is 6.08 Å². The van der Waals surface area contributed by atoms with E-state index in [4.69, 9.17) is 5.73 Å². The van der Waals surface area contributed by atoms with Crippen molar-refractivity contribution in [1.82, 2.24) is 0 Å². The number of rotatable bonds is 1. The number of hydrogen-bond donors (Lipinski definition) is 1. The summed E-state index contributed by atoms with van der Waals surface area (Å²) in [5.74, 6) is 1.61. The van der Waals surface area contributed by atoms with Gasteiger partial charge in [0.15, 0.2) is 0 Å². The third-order valence-electron chi connectivity index (χ3n) is 0.431. The van der Waals surface area contributed by atoms with E-state index in [1.54, 1.807) is 19.8 Å². The maximum Gasteiger partial charge on any atom is 0.121 e. The van der Waals surface area contributed by atoms with E-state index in [0.29, 0.717) is 0 Å². The molecule has 0 aliphatic rings. The SMILES string of the molecule is CC(C)(N)C=C=O. The molecule has 7 heavy (non-hydrogen) atoms. The first-order valence-electron chi connectivity index (χ1n) is 2.07. The number of hydrogen-bond acceptors (Lipinski definition) is 2. The molecule has 0 saturated carbocycles. The zero-order valence-corrected chi connectivity index (χ0v) is 4.56. The molecule has 0 aromatic rings. The third kappa shape index (κ3) is 5.41. The Morgan fingerprint density at radius 3 is 2.14 bits per heavy atom. The van der Waals surface area contributed by atoms with E-state index in [-0.39, 0.29) is 0 Å². The lowest BCUT2D eigenvalue weighted by molar-refractivity contribution is 0.562. The van der Waals surface area contributed by atoms with Gasteiger partial charge in [-0.05, 0) is 13.8 Å². The molecule has 0 aromatic heterocycles. The summed E-state index contributed by atoms with van der Waals surface area (Å²) >= 11 is 0. The molecule has 2 N–H and O–H groups in total. The van der Waals surface area contributed by atoms with Crippen molar-refractivity contribution < 1.29 is 4.79 Å². The normalized spacial score (nSPS) is 10.1. The van der Waals surface area contributed by atoms with Crippen molar-refractivity contribution in [3.05, 3.63) is 6.08 Å². The summed E-state index contributed by atoms with van der Waals surface area (Å²) < 4.78 is 0. The molecular weight excluding hydrogens is 90.1 g/mol. The molecule has 40 valence electrons. The fraction of sp³-hybridized carbons (Fsp3) is 0.600. The predicted molar refractivity (Wildman–Crippen MR) is 28.5 cm³/mol. The minimum absolute atomic E-state index is 0.498. The molecule has 0 fully saturated rings. The molecule has 0 heterocycles. The van der Waals surface area contributed by atoms with Gasteiger partial charge >= 0.3 is 0 Å². The van der Waals surface area contributed by atoms with Gasteiger partial charge in [0, 0.05) is 11.6 Å². The van der Waals surface area contributed by atoms with Crippen molar-refractivity contribution in [3.63, 3.8) is 0 Å². The standard InChI is InChI=1S/C5H9NO/c1-5(2,6)3-4-7/h3H,6H2,1-2H3. The van der Waals surface area contributed by atoms with Crippen LogP contribution in [0.3, 0.4) is 0 Å². The Balaban J connectivity index is 3.80. The summed E-state index contributed by atoms with van der Waals surface area (Å²) in [4.78, 5) is 9.56. The molecule has 0 spiro atoms. The fourth-order valence-electron chi connectivity index (χ4n) is 0.152. The first-order valence-corrected chi connectivity index (χ1v) is 2.07. The zero-order chi connectivity index (χ0) is 5.91. The fourth-order valence-corrected chi connectivity index (χ4v) is 0.152. The van der Waals surface area contributed by atoms with Crippen molar-refractivity contribution in [2.24, 2.45) is 5.73 Å². The Morgan fingerprint density at radius 1 is 1.71 bits per heavy atom. The highest BCUT2D eigenvalue weighted by Gasteiger charge is 2.02. The van der Waals surface area contributed by atoms with Gasteiger partial charge in [0.2, 0.25) is 0 Å². The summed E-state index contributed by atoms with van der Waals surface area (Å²) in [6.07, 6.45) is 1.28.